The molecule has 0 aromatic carbocycles. The van der Waals surface area contributed by atoms with Gasteiger partial charge in [0.1, 0.15) is 0 Å². The number of hydrogen-bond donors (Lipinski definition) is 1. The zero-order valence-corrected chi connectivity index (χ0v) is 7.84. The fourth-order valence-electron chi connectivity index (χ4n) is 0.354. The molecule has 0 unspecified atom stereocenters. The van der Waals surface area contributed by atoms with Crippen LogP contribution in [-0.4, -0.2) is 23.5 Å². The van der Waals surface area contributed by atoms with Crippen molar-refractivity contribution in [1.29, 1.82) is 0 Å². The van der Waals surface area contributed by atoms with Crippen LogP contribution in [0.25, 0.3) is 0 Å². The van der Waals surface area contributed by atoms with Crippen molar-refractivity contribution < 1.29 is 4.79 Å². The van der Waals surface area contributed by atoms with Crippen LogP contribution in [0.3, 0.4) is 0 Å². The van der Waals surface area contributed by atoms with Crippen LogP contribution < -0.4 is 5.32 Å². The number of thioether (sulfide) groups is 1. The zero-order chi connectivity index (χ0) is 8.20. The standard InChI is InChI=1S/C7H15NOS/c1-7(2,3)10-5-6(9)8-4/h5H2,1-4H3,(H,8,9). The summed E-state index contributed by atoms with van der Waals surface area (Å²) in [4.78, 5) is 10.7. The summed E-state index contributed by atoms with van der Waals surface area (Å²) in [5, 5.41) is 2.58. The van der Waals surface area contributed by atoms with E-state index in [1.165, 1.54) is 0 Å². The molecule has 0 aromatic heterocycles. The van der Waals surface area contributed by atoms with E-state index < -0.39 is 0 Å². The summed E-state index contributed by atoms with van der Waals surface area (Å²) in [5.74, 6) is 0.653. The van der Waals surface area contributed by atoms with E-state index in [9.17, 15) is 4.79 Å². The lowest BCUT2D eigenvalue weighted by Gasteiger charge is -2.16. The molecule has 1 N–H and O–H groups in total. The van der Waals surface area contributed by atoms with E-state index in [1.54, 1.807) is 18.8 Å². The maximum atomic E-state index is 10.7. The van der Waals surface area contributed by atoms with Gasteiger partial charge in [0.15, 0.2) is 0 Å². The second kappa shape index (κ2) is 3.86. The normalized spacial score (nSPS) is 11.2. The molecule has 60 valence electrons. The van der Waals surface area contributed by atoms with Gasteiger partial charge in [0.2, 0.25) is 5.91 Å². The fraction of sp³-hybridized carbons (Fsp3) is 0.857. The molecule has 10 heavy (non-hydrogen) atoms. The molecule has 0 bridgehead atoms. The smallest absolute Gasteiger partial charge is 0.229 e. The predicted molar refractivity (Wildman–Crippen MR) is 46.3 cm³/mol. The summed E-state index contributed by atoms with van der Waals surface area (Å²) in [6.45, 7) is 6.29. The number of carbonyl (C=O) groups is 1. The largest absolute Gasteiger partial charge is 0.358 e. The molecule has 2 nitrogen and oxygen atoms in total. The average molecular weight is 161 g/mol. The molecule has 3 heteroatoms. The molecule has 0 atom stereocenters. The van der Waals surface area contributed by atoms with Gasteiger partial charge in [-0.25, -0.2) is 0 Å². The summed E-state index contributed by atoms with van der Waals surface area (Å²) >= 11 is 1.65. The van der Waals surface area contributed by atoms with E-state index in [-0.39, 0.29) is 10.7 Å². The molecule has 0 aliphatic heterocycles. The van der Waals surface area contributed by atoms with Gasteiger partial charge in [-0.05, 0) is 0 Å². The Morgan fingerprint density at radius 2 is 2.00 bits per heavy atom. The molecule has 0 aromatic rings. The lowest BCUT2D eigenvalue weighted by atomic mass is 10.3. The van der Waals surface area contributed by atoms with Gasteiger partial charge in [0.05, 0.1) is 5.75 Å². The van der Waals surface area contributed by atoms with Crippen LogP contribution in [0.15, 0.2) is 0 Å². The van der Waals surface area contributed by atoms with Crippen LogP contribution in [0.4, 0.5) is 0 Å². The lowest BCUT2D eigenvalue weighted by Crippen LogP contribution is -2.22. The minimum absolute atomic E-state index is 0.0972. The maximum Gasteiger partial charge on any atom is 0.229 e. The van der Waals surface area contributed by atoms with Gasteiger partial charge in [-0.3, -0.25) is 4.79 Å². The Bertz CT molecular complexity index is 117. The first-order valence-electron chi connectivity index (χ1n) is 3.30. The second-order valence-corrected chi connectivity index (χ2v) is 4.88. The molecular weight excluding hydrogens is 146 g/mol. The van der Waals surface area contributed by atoms with Crippen molar-refractivity contribution in [3.05, 3.63) is 0 Å². The fourth-order valence-corrected chi connectivity index (χ4v) is 1.06. The Balaban J connectivity index is 3.46. The highest BCUT2D eigenvalue weighted by Crippen LogP contribution is 2.22. The first-order valence-corrected chi connectivity index (χ1v) is 4.29. The van der Waals surface area contributed by atoms with E-state index in [1.807, 2.05) is 0 Å². The molecule has 0 heterocycles. The Morgan fingerprint density at radius 3 is 2.30 bits per heavy atom. The predicted octanol–water partition coefficient (Wildman–Crippen LogP) is 1.26. The van der Waals surface area contributed by atoms with Crippen molar-refractivity contribution in [2.24, 2.45) is 0 Å². The highest BCUT2D eigenvalue weighted by molar-refractivity contribution is 8.01. The van der Waals surface area contributed by atoms with Crippen molar-refractivity contribution in [2.45, 2.75) is 25.5 Å². The van der Waals surface area contributed by atoms with E-state index in [2.05, 4.69) is 26.1 Å². The topological polar surface area (TPSA) is 29.1 Å². The highest BCUT2D eigenvalue weighted by atomic mass is 32.2. The van der Waals surface area contributed by atoms with Crippen LogP contribution in [0.1, 0.15) is 20.8 Å². The first kappa shape index (κ1) is 9.82. The third-order valence-corrected chi connectivity index (χ3v) is 2.19. The molecule has 0 aliphatic carbocycles. The summed E-state index contributed by atoms with van der Waals surface area (Å²) < 4.78 is 0.187. The molecule has 0 spiro atoms. The van der Waals surface area contributed by atoms with Crippen LogP contribution in [0, 0.1) is 0 Å². The molecule has 0 aliphatic rings. The third-order valence-electron chi connectivity index (χ3n) is 0.915. The SMILES string of the molecule is CNC(=O)CSC(C)(C)C. The lowest BCUT2D eigenvalue weighted by molar-refractivity contribution is -0.118. The van der Waals surface area contributed by atoms with Crippen LogP contribution in [0.2, 0.25) is 0 Å². The van der Waals surface area contributed by atoms with Crippen LogP contribution >= 0.6 is 11.8 Å². The maximum absolute atomic E-state index is 10.7. The van der Waals surface area contributed by atoms with Crippen molar-refractivity contribution in [2.75, 3.05) is 12.8 Å². The van der Waals surface area contributed by atoms with E-state index in [0.717, 1.165) is 0 Å². The minimum Gasteiger partial charge on any atom is -0.358 e. The van der Waals surface area contributed by atoms with E-state index in [4.69, 9.17) is 0 Å². The molecule has 1 amide bonds. The summed E-state index contributed by atoms with van der Waals surface area (Å²) in [5.41, 5.74) is 0. The summed E-state index contributed by atoms with van der Waals surface area (Å²) in [6, 6.07) is 0. The molecule has 0 saturated carbocycles. The monoisotopic (exact) mass is 161 g/mol. The van der Waals surface area contributed by atoms with E-state index >= 15 is 0 Å². The Hall–Kier alpha value is -0.180. The number of amides is 1. The number of carbonyl (C=O) groups excluding carboxylic acids is 1. The van der Waals surface area contributed by atoms with Gasteiger partial charge in [-0.2, -0.15) is 0 Å². The second-order valence-electron chi connectivity index (χ2n) is 3.07. The van der Waals surface area contributed by atoms with Crippen LogP contribution in [0.5, 0.6) is 0 Å². The van der Waals surface area contributed by atoms with Crippen LogP contribution in [-0.2, 0) is 4.79 Å². The Kier molecular flexibility index (Phi) is 3.79. The minimum atomic E-state index is 0.0972. The zero-order valence-electron chi connectivity index (χ0n) is 7.02. The van der Waals surface area contributed by atoms with Gasteiger partial charge >= 0.3 is 0 Å². The number of nitrogens with one attached hydrogen (secondary N) is 1. The highest BCUT2D eigenvalue weighted by Gasteiger charge is 2.11. The van der Waals surface area contributed by atoms with Gasteiger partial charge in [0.25, 0.3) is 0 Å². The Morgan fingerprint density at radius 1 is 1.50 bits per heavy atom. The molecule has 0 fully saturated rings. The quantitative estimate of drug-likeness (QED) is 0.660. The molecular formula is C7H15NOS. The van der Waals surface area contributed by atoms with Crippen molar-refractivity contribution in [1.82, 2.24) is 5.32 Å². The van der Waals surface area contributed by atoms with Gasteiger partial charge < -0.3 is 5.32 Å². The van der Waals surface area contributed by atoms with Crippen molar-refractivity contribution >= 4 is 17.7 Å². The first-order chi connectivity index (χ1) is 4.45. The summed E-state index contributed by atoms with van der Waals surface area (Å²) in [7, 11) is 1.66. The molecule has 0 rings (SSSR count). The van der Waals surface area contributed by atoms with Gasteiger partial charge in [0, 0.05) is 11.8 Å². The molecule has 0 saturated heterocycles. The summed E-state index contributed by atoms with van der Waals surface area (Å²) in [6.07, 6.45) is 0. The third kappa shape index (κ3) is 5.95. The number of hydrogen-bond acceptors (Lipinski definition) is 2. The molecule has 0 radical (unpaired) electrons. The van der Waals surface area contributed by atoms with Crippen molar-refractivity contribution in [3.63, 3.8) is 0 Å². The van der Waals surface area contributed by atoms with E-state index in [0.29, 0.717) is 5.75 Å². The van der Waals surface area contributed by atoms with Gasteiger partial charge in [-0.1, -0.05) is 20.8 Å². The average Bonchev–Trinajstić information content (AvgIpc) is 1.81. The van der Waals surface area contributed by atoms with Crippen molar-refractivity contribution in [3.8, 4) is 0 Å². The van der Waals surface area contributed by atoms with Gasteiger partial charge in [-0.15, -0.1) is 11.8 Å². The Labute approximate surface area is 66.8 Å². The number of rotatable bonds is 2.